The van der Waals surface area contributed by atoms with Gasteiger partial charge in [-0.2, -0.15) is 0 Å². The molecule has 1 fully saturated rings. The second-order valence-corrected chi connectivity index (χ2v) is 8.10. The summed E-state index contributed by atoms with van der Waals surface area (Å²) >= 11 is 0. The largest absolute Gasteiger partial charge is 0.335 e. The molecule has 140 valence electrons. The van der Waals surface area contributed by atoms with Gasteiger partial charge in [0.25, 0.3) is 0 Å². The van der Waals surface area contributed by atoms with E-state index in [9.17, 15) is 4.79 Å². The predicted octanol–water partition coefficient (Wildman–Crippen LogP) is 5.40. The number of rotatable bonds is 5. The van der Waals surface area contributed by atoms with E-state index in [2.05, 4.69) is 79.4 Å². The average molecular weight is 360 g/mol. The first-order chi connectivity index (χ1) is 13.1. The Bertz CT molecular complexity index is 839. The molecular weight excluding hydrogens is 330 g/mol. The molecule has 2 aromatic rings. The molecular formula is C25H29NO. The summed E-state index contributed by atoms with van der Waals surface area (Å²) in [4.78, 5) is 15.4. The van der Waals surface area contributed by atoms with Crippen molar-refractivity contribution in [3.63, 3.8) is 0 Å². The van der Waals surface area contributed by atoms with Crippen molar-refractivity contribution >= 4 is 5.91 Å². The van der Waals surface area contributed by atoms with E-state index in [4.69, 9.17) is 0 Å². The van der Waals surface area contributed by atoms with E-state index < -0.39 is 0 Å². The molecule has 0 spiro atoms. The Hall–Kier alpha value is -2.35. The first-order valence-electron chi connectivity index (χ1n) is 10.2. The number of benzene rings is 2. The molecule has 0 saturated carbocycles. The van der Waals surface area contributed by atoms with Gasteiger partial charge in [-0.05, 0) is 61.8 Å². The van der Waals surface area contributed by atoms with Gasteiger partial charge in [0.05, 0.1) is 6.04 Å². The van der Waals surface area contributed by atoms with E-state index in [1.807, 2.05) is 0 Å². The van der Waals surface area contributed by atoms with Crippen molar-refractivity contribution in [2.75, 3.05) is 6.54 Å². The van der Waals surface area contributed by atoms with Crippen LogP contribution in [0.2, 0.25) is 0 Å². The molecule has 0 radical (unpaired) electrons. The van der Waals surface area contributed by atoms with Gasteiger partial charge in [-0.3, -0.25) is 4.79 Å². The van der Waals surface area contributed by atoms with Crippen LogP contribution in [0.1, 0.15) is 47.6 Å². The van der Waals surface area contributed by atoms with Gasteiger partial charge in [0.15, 0.2) is 0 Å². The van der Waals surface area contributed by atoms with Crippen LogP contribution in [0.3, 0.4) is 0 Å². The Morgan fingerprint density at radius 3 is 2.63 bits per heavy atom. The van der Waals surface area contributed by atoms with Crippen LogP contribution in [0.5, 0.6) is 0 Å². The number of amides is 1. The number of carbonyl (C=O) groups excluding carboxylic acids is 1. The van der Waals surface area contributed by atoms with Crippen molar-refractivity contribution in [3.05, 3.63) is 82.9 Å². The SMILES string of the molecule is Cc1ccc([C@H]2[C@H]3C=CCC[C@@H]3C(=O)N2CCCc2ccccc2)cc1C. The minimum atomic E-state index is 0.165. The number of hydrogen-bond acceptors (Lipinski definition) is 1. The van der Waals surface area contributed by atoms with Crippen LogP contribution in [0.25, 0.3) is 0 Å². The normalized spacial score (nSPS) is 24.3. The van der Waals surface area contributed by atoms with Crippen molar-refractivity contribution < 1.29 is 4.79 Å². The highest BCUT2D eigenvalue weighted by Gasteiger charge is 2.47. The lowest BCUT2D eigenvalue weighted by Gasteiger charge is -2.29. The highest BCUT2D eigenvalue weighted by Crippen LogP contribution is 2.46. The minimum absolute atomic E-state index is 0.165. The maximum absolute atomic E-state index is 13.2. The van der Waals surface area contributed by atoms with Crippen molar-refractivity contribution in [1.82, 2.24) is 4.90 Å². The summed E-state index contributed by atoms with van der Waals surface area (Å²) in [5.41, 5.74) is 5.27. The summed E-state index contributed by atoms with van der Waals surface area (Å²) in [6.45, 7) is 5.16. The van der Waals surface area contributed by atoms with E-state index in [0.29, 0.717) is 11.8 Å². The van der Waals surface area contributed by atoms with E-state index >= 15 is 0 Å². The maximum Gasteiger partial charge on any atom is 0.226 e. The van der Waals surface area contributed by atoms with Gasteiger partial charge in [0, 0.05) is 18.4 Å². The molecule has 0 unspecified atom stereocenters. The lowest BCUT2D eigenvalue weighted by atomic mass is 9.80. The number of aryl methyl sites for hydroxylation is 3. The third kappa shape index (κ3) is 3.58. The first kappa shape index (κ1) is 18.0. The molecule has 4 rings (SSSR count). The van der Waals surface area contributed by atoms with Crippen molar-refractivity contribution in [1.29, 1.82) is 0 Å². The zero-order valence-electron chi connectivity index (χ0n) is 16.4. The average Bonchev–Trinajstić information content (AvgIpc) is 2.97. The molecule has 1 aliphatic heterocycles. The molecule has 0 aromatic heterocycles. The van der Waals surface area contributed by atoms with Crippen LogP contribution in [0, 0.1) is 25.7 Å². The van der Waals surface area contributed by atoms with E-state index in [0.717, 1.165) is 32.2 Å². The molecule has 0 N–H and O–H groups in total. The molecule has 1 aliphatic carbocycles. The standard InChI is InChI=1S/C25H29NO/c1-18-14-15-21(17-19(18)2)24-22-12-6-7-13-23(22)25(27)26(24)16-8-11-20-9-4-3-5-10-20/h3-6,9-10,12,14-15,17,22-24H,7-8,11,13,16H2,1-2H3/t22-,23-,24-/m0/s1. The van der Waals surface area contributed by atoms with E-state index in [1.165, 1.54) is 22.3 Å². The molecule has 1 saturated heterocycles. The topological polar surface area (TPSA) is 20.3 Å². The second-order valence-electron chi connectivity index (χ2n) is 8.10. The summed E-state index contributed by atoms with van der Waals surface area (Å²) in [7, 11) is 0. The fourth-order valence-corrected chi connectivity index (χ4v) is 4.73. The van der Waals surface area contributed by atoms with Crippen LogP contribution < -0.4 is 0 Å². The first-order valence-corrected chi connectivity index (χ1v) is 10.2. The van der Waals surface area contributed by atoms with Gasteiger partial charge in [-0.1, -0.05) is 60.7 Å². The Morgan fingerprint density at radius 1 is 1.04 bits per heavy atom. The number of carbonyl (C=O) groups is 1. The molecule has 2 nitrogen and oxygen atoms in total. The van der Waals surface area contributed by atoms with Gasteiger partial charge < -0.3 is 4.90 Å². The smallest absolute Gasteiger partial charge is 0.226 e. The molecule has 2 aliphatic rings. The predicted molar refractivity (Wildman–Crippen MR) is 110 cm³/mol. The number of fused-ring (bicyclic) bond motifs is 1. The Labute approximate surface area is 162 Å². The Kier molecular flexibility index (Phi) is 5.15. The van der Waals surface area contributed by atoms with E-state index in [-0.39, 0.29) is 12.0 Å². The summed E-state index contributed by atoms with van der Waals surface area (Å²) < 4.78 is 0. The highest BCUT2D eigenvalue weighted by atomic mass is 16.2. The number of likely N-dealkylation sites (tertiary alicyclic amines) is 1. The molecule has 1 amide bonds. The third-order valence-electron chi connectivity index (χ3n) is 6.35. The third-order valence-corrected chi connectivity index (χ3v) is 6.35. The molecule has 2 heteroatoms. The fraction of sp³-hybridized carbons (Fsp3) is 0.400. The summed E-state index contributed by atoms with van der Waals surface area (Å²) in [5, 5.41) is 0. The van der Waals surface area contributed by atoms with E-state index in [1.54, 1.807) is 0 Å². The summed E-state index contributed by atoms with van der Waals surface area (Å²) in [6, 6.07) is 17.5. The fourth-order valence-electron chi connectivity index (χ4n) is 4.73. The molecule has 1 heterocycles. The molecule has 2 aromatic carbocycles. The van der Waals surface area contributed by atoms with Gasteiger partial charge in [-0.25, -0.2) is 0 Å². The zero-order chi connectivity index (χ0) is 18.8. The Balaban J connectivity index is 1.57. The maximum atomic E-state index is 13.2. The van der Waals surface area contributed by atoms with Gasteiger partial charge in [0.1, 0.15) is 0 Å². The number of hydrogen-bond donors (Lipinski definition) is 0. The van der Waals surface area contributed by atoms with Crippen LogP contribution in [-0.4, -0.2) is 17.4 Å². The Morgan fingerprint density at radius 2 is 1.85 bits per heavy atom. The number of nitrogens with zero attached hydrogens (tertiary/aromatic N) is 1. The van der Waals surface area contributed by atoms with Crippen LogP contribution >= 0.6 is 0 Å². The van der Waals surface area contributed by atoms with Gasteiger partial charge in [-0.15, -0.1) is 0 Å². The molecule has 0 bridgehead atoms. The molecule has 3 atom stereocenters. The molecule has 27 heavy (non-hydrogen) atoms. The van der Waals surface area contributed by atoms with Crippen molar-refractivity contribution in [2.45, 2.75) is 45.6 Å². The lowest BCUT2D eigenvalue weighted by molar-refractivity contribution is -0.132. The number of allylic oxidation sites excluding steroid dienone is 1. The summed E-state index contributed by atoms with van der Waals surface area (Å²) in [5.74, 6) is 0.851. The van der Waals surface area contributed by atoms with Gasteiger partial charge >= 0.3 is 0 Å². The minimum Gasteiger partial charge on any atom is -0.335 e. The van der Waals surface area contributed by atoms with Crippen LogP contribution in [-0.2, 0) is 11.2 Å². The monoisotopic (exact) mass is 359 g/mol. The highest BCUT2D eigenvalue weighted by molar-refractivity contribution is 5.83. The quantitative estimate of drug-likeness (QED) is 0.654. The zero-order valence-corrected chi connectivity index (χ0v) is 16.4. The van der Waals surface area contributed by atoms with Crippen molar-refractivity contribution in [3.8, 4) is 0 Å². The second kappa shape index (κ2) is 7.72. The van der Waals surface area contributed by atoms with Crippen LogP contribution in [0.15, 0.2) is 60.7 Å². The summed E-state index contributed by atoms with van der Waals surface area (Å²) in [6.07, 6.45) is 8.65. The lowest BCUT2D eigenvalue weighted by Crippen LogP contribution is -2.31. The van der Waals surface area contributed by atoms with Crippen molar-refractivity contribution in [2.24, 2.45) is 11.8 Å². The van der Waals surface area contributed by atoms with Crippen LogP contribution in [0.4, 0.5) is 0 Å². The van der Waals surface area contributed by atoms with Gasteiger partial charge in [0.2, 0.25) is 5.91 Å².